The molecular formula is C13H22ClN3O. The van der Waals surface area contributed by atoms with E-state index in [2.05, 4.69) is 17.3 Å². The van der Waals surface area contributed by atoms with Gasteiger partial charge < -0.3 is 10.1 Å². The van der Waals surface area contributed by atoms with Crippen LogP contribution in [0.5, 0.6) is 0 Å². The number of aromatic nitrogens is 2. The van der Waals surface area contributed by atoms with Gasteiger partial charge in [-0.05, 0) is 26.3 Å². The van der Waals surface area contributed by atoms with Crippen LogP contribution in [0.25, 0.3) is 0 Å². The molecule has 1 N–H and O–H groups in total. The summed E-state index contributed by atoms with van der Waals surface area (Å²) in [4.78, 5) is 0. The van der Waals surface area contributed by atoms with E-state index >= 15 is 0 Å². The third kappa shape index (κ3) is 2.71. The van der Waals surface area contributed by atoms with Crippen molar-refractivity contribution in [2.45, 2.75) is 26.7 Å². The van der Waals surface area contributed by atoms with E-state index in [0.29, 0.717) is 0 Å². The molecule has 1 aromatic heterocycles. The van der Waals surface area contributed by atoms with E-state index in [-0.39, 0.29) is 5.41 Å². The molecule has 0 spiro atoms. The molecule has 102 valence electrons. The van der Waals surface area contributed by atoms with Crippen LogP contribution in [0.1, 0.15) is 24.7 Å². The first-order chi connectivity index (χ1) is 8.58. The number of hydrogen-bond acceptors (Lipinski definition) is 3. The molecule has 2 heterocycles. The molecule has 18 heavy (non-hydrogen) atoms. The lowest BCUT2D eigenvalue weighted by Crippen LogP contribution is -2.37. The number of halogens is 1. The fourth-order valence-electron chi connectivity index (χ4n) is 2.61. The first-order valence-electron chi connectivity index (χ1n) is 6.54. The molecule has 4 nitrogen and oxygen atoms in total. The van der Waals surface area contributed by atoms with Crippen molar-refractivity contribution in [2.75, 3.05) is 26.3 Å². The molecule has 1 aromatic rings. The highest BCUT2D eigenvalue weighted by Gasteiger charge is 2.36. The average Bonchev–Trinajstić information content (AvgIpc) is 2.89. The van der Waals surface area contributed by atoms with Gasteiger partial charge in [-0.15, -0.1) is 0 Å². The lowest BCUT2D eigenvalue weighted by molar-refractivity contribution is 0.148. The number of nitrogens with zero attached hydrogens (tertiary/aromatic N) is 2. The van der Waals surface area contributed by atoms with Crippen molar-refractivity contribution >= 4 is 11.6 Å². The molecule has 1 aliphatic heterocycles. The van der Waals surface area contributed by atoms with Gasteiger partial charge in [0, 0.05) is 25.6 Å². The van der Waals surface area contributed by atoms with Gasteiger partial charge in [-0.2, -0.15) is 5.10 Å². The Morgan fingerprint density at radius 2 is 2.33 bits per heavy atom. The summed E-state index contributed by atoms with van der Waals surface area (Å²) >= 11 is 6.34. The van der Waals surface area contributed by atoms with Gasteiger partial charge in [-0.1, -0.05) is 18.5 Å². The van der Waals surface area contributed by atoms with Crippen molar-refractivity contribution in [1.82, 2.24) is 15.1 Å². The fourth-order valence-corrected chi connectivity index (χ4v) is 2.84. The topological polar surface area (TPSA) is 39.1 Å². The molecule has 1 fully saturated rings. The monoisotopic (exact) mass is 271 g/mol. The van der Waals surface area contributed by atoms with Gasteiger partial charge in [-0.25, -0.2) is 0 Å². The van der Waals surface area contributed by atoms with Crippen LogP contribution in [-0.2, 0) is 18.2 Å². The van der Waals surface area contributed by atoms with Gasteiger partial charge in [0.05, 0.1) is 23.0 Å². The predicted molar refractivity (Wildman–Crippen MR) is 73.1 cm³/mol. The van der Waals surface area contributed by atoms with E-state index < -0.39 is 0 Å². The normalized spacial score (nSPS) is 23.8. The van der Waals surface area contributed by atoms with Crippen LogP contribution in [0, 0.1) is 12.3 Å². The molecule has 1 saturated heterocycles. The highest BCUT2D eigenvalue weighted by molar-refractivity contribution is 6.31. The smallest absolute Gasteiger partial charge is 0.0847 e. The lowest BCUT2D eigenvalue weighted by Gasteiger charge is -2.27. The number of rotatable bonds is 5. The maximum atomic E-state index is 6.34. The van der Waals surface area contributed by atoms with Crippen molar-refractivity contribution in [2.24, 2.45) is 12.5 Å². The first kappa shape index (κ1) is 13.8. The summed E-state index contributed by atoms with van der Waals surface area (Å²) < 4.78 is 7.51. The minimum absolute atomic E-state index is 0.167. The second kappa shape index (κ2) is 5.59. The van der Waals surface area contributed by atoms with E-state index in [1.54, 1.807) is 0 Å². The first-order valence-corrected chi connectivity index (χ1v) is 6.92. The largest absolute Gasteiger partial charge is 0.381 e. The van der Waals surface area contributed by atoms with E-state index in [9.17, 15) is 0 Å². The fraction of sp³-hybridized carbons (Fsp3) is 0.769. The van der Waals surface area contributed by atoms with Gasteiger partial charge in [-0.3, -0.25) is 4.68 Å². The summed E-state index contributed by atoms with van der Waals surface area (Å²) in [5, 5.41) is 8.64. The SMILES string of the molecule is CCNCC1(Cc2c(Cl)c(C)nn2C)CCOC1. The minimum atomic E-state index is 0.167. The van der Waals surface area contributed by atoms with Gasteiger partial charge in [0.1, 0.15) is 0 Å². The number of ether oxygens (including phenoxy) is 1. The Kier molecular flexibility index (Phi) is 4.30. The van der Waals surface area contributed by atoms with E-state index in [1.807, 2.05) is 18.7 Å². The quantitative estimate of drug-likeness (QED) is 0.890. The Hall–Kier alpha value is -0.580. The van der Waals surface area contributed by atoms with Crippen molar-refractivity contribution < 1.29 is 4.74 Å². The highest BCUT2D eigenvalue weighted by atomic mass is 35.5. The Morgan fingerprint density at radius 3 is 2.83 bits per heavy atom. The van der Waals surface area contributed by atoms with Crippen LogP contribution >= 0.6 is 11.6 Å². The Bertz CT molecular complexity index is 411. The minimum Gasteiger partial charge on any atom is -0.381 e. The standard InChI is InChI=1S/C13H22ClN3O/c1-4-15-8-13(5-6-18-9-13)7-11-12(14)10(2)16-17(11)3/h15H,4-9H2,1-3H3. The summed E-state index contributed by atoms with van der Waals surface area (Å²) in [5.74, 6) is 0. The average molecular weight is 272 g/mol. The summed E-state index contributed by atoms with van der Waals surface area (Å²) in [6, 6.07) is 0. The summed E-state index contributed by atoms with van der Waals surface area (Å²) in [6.07, 6.45) is 2.01. The maximum Gasteiger partial charge on any atom is 0.0847 e. The number of nitrogens with one attached hydrogen (secondary N) is 1. The van der Waals surface area contributed by atoms with Gasteiger partial charge in [0.15, 0.2) is 0 Å². The predicted octanol–water partition coefficient (Wildman–Crippen LogP) is 1.94. The van der Waals surface area contributed by atoms with Crippen molar-refractivity contribution in [3.05, 3.63) is 16.4 Å². The molecule has 0 amide bonds. The van der Waals surface area contributed by atoms with Crippen molar-refractivity contribution in [1.29, 1.82) is 0 Å². The summed E-state index contributed by atoms with van der Waals surface area (Å²) in [5.41, 5.74) is 2.20. The number of aryl methyl sites for hydroxylation is 2. The Labute approximate surface area is 114 Å². The third-order valence-electron chi connectivity index (χ3n) is 3.74. The van der Waals surface area contributed by atoms with Crippen LogP contribution < -0.4 is 5.32 Å². The van der Waals surface area contributed by atoms with E-state index in [1.165, 1.54) is 0 Å². The molecule has 0 saturated carbocycles. The molecule has 0 radical (unpaired) electrons. The van der Waals surface area contributed by atoms with Crippen molar-refractivity contribution in [3.8, 4) is 0 Å². The summed E-state index contributed by atoms with van der Waals surface area (Å²) in [7, 11) is 1.96. The molecule has 0 aliphatic carbocycles. The second-order valence-electron chi connectivity index (χ2n) is 5.23. The molecule has 1 atom stereocenters. The maximum absolute atomic E-state index is 6.34. The Morgan fingerprint density at radius 1 is 1.56 bits per heavy atom. The second-order valence-corrected chi connectivity index (χ2v) is 5.61. The molecule has 2 rings (SSSR count). The zero-order chi connectivity index (χ0) is 13.2. The van der Waals surface area contributed by atoms with Crippen molar-refractivity contribution in [3.63, 3.8) is 0 Å². The summed E-state index contributed by atoms with van der Waals surface area (Å²) in [6.45, 7) is 7.70. The van der Waals surface area contributed by atoms with E-state index in [4.69, 9.17) is 16.3 Å². The van der Waals surface area contributed by atoms with Gasteiger partial charge in [0.2, 0.25) is 0 Å². The lowest BCUT2D eigenvalue weighted by atomic mass is 9.82. The molecule has 5 heteroatoms. The van der Waals surface area contributed by atoms with Gasteiger partial charge >= 0.3 is 0 Å². The molecule has 1 unspecified atom stereocenters. The van der Waals surface area contributed by atoms with Crippen LogP contribution in [0.3, 0.4) is 0 Å². The zero-order valence-corrected chi connectivity index (χ0v) is 12.2. The Balaban J connectivity index is 2.18. The van der Waals surface area contributed by atoms with Crippen LogP contribution in [0.2, 0.25) is 5.02 Å². The highest BCUT2D eigenvalue weighted by Crippen LogP contribution is 2.34. The van der Waals surface area contributed by atoms with Gasteiger partial charge in [0.25, 0.3) is 0 Å². The van der Waals surface area contributed by atoms with Crippen LogP contribution in [-0.4, -0.2) is 36.1 Å². The zero-order valence-electron chi connectivity index (χ0n) is 11.4. The molecule has 1 aliphatic rings. The molecule has 0 bridgehead atoms. The van der Waals surface area contributed by atoms with E-state index in [0.717, 1.165) is 55.6 Å². The molecular weight excluding hydrogens is 250 g/mol. The molecule has 0 aromatic carbocycles. The van der Waals surface area contributed by atoms with Crippen LogP contribution in [0.4, 0.5) is 0 Å². The third-order valence-corrected chi connectivity index (χ3v) is 4.23. The van der Waals surface area contributed by atoms with Crippen LogP contribution in [0.15, 0.2) is 0 Å². The number of hydrogen-bond donors (Lipinski definition) is 1.